The van der Waals surface area contributed by atoms with E-state index in [0.29, 0.717) is 30.4 Å². The summed E-state index contributed by atoms with van der Waals surface area (Å²) in [5.41, 5.74) is 0.460. The number of amides is 1. The number of carbonyl (C=O) groups is 2. The molecule has 2 aromatic rings. The van der Waals surface area contributed by atoms with Crippen molar-refractivity contribution in [2.24, 2.45) is 11.8 Å². The molecule has 8 heteroatoms. The van der Waals surface area contributed by atoms with Crippen LogP contribution in [0.25, 0.3) is 10.9 Å². The third-order valence-electron chi connectivity index (χ3n) is 6.08. The standard InChI is InChI=1S/C20H24N4O4/c25-18(23-11-3-6-17(23)20(27)28)14-9-7-13(8-10-14)12-24-19(26)15-4-1-2-5-16(15)21-22-24/h1-2,4-5,13-14,17H,3,6-12H2,(H,27,28)/t13?,14?,17-/m1/s1. The Bertz CT molecular complexity index is 949. The van der Waals surface area contributed by atoms with Gasteiger partial charge in [0.25, 0.3) is 5.56 Å². The van der Waals surface area contributed by atoms with Gasteiger partial charge in [0.05, 0.1) is 5.39 Å². The van der Waals surface area contributed by atoms with Crippen molar-refractivity contribution in [3.05, 3.63) is 34.6 Å². The number of fused-ring (bicyclic) bond motifs is 1. The minimum Gasteiger partial charge on any atom is -0.480 e. The third-order valence-corrected chi connectivity index (χ3v) is 6.08. The van der Waals surface area contributed by atoms with Crippen molar-refractivity contribution in [3.8, 4) is 0 Å². The van der Waals surface area contributed by atoms with Gasteiger partial charge in [-0.2, -0.15) is 0 Å². The fourth-order valence-corrected chi connectivity index (χ4v) is 4.50. The van der Waals surface area contributed by atoms with Gasteiger partial charge in [0, 0.05) is 19.0 Å². The summed E-state index contributed by atoms with van der Waals surface area (Å²) in [6.45, 7) is 1.04. The van der Waals surface area contributed by atoms with Crippen LogP contribution in [0.4, 0.5) is 0 Å². The maximum Gasteiger partial charge on any atom is 0.326 e. The lowest BCUT2D eigenvalue weighted by Crippen LogP contribution is -2.44. The number of aromatic nitrogens is 3. The van der Waals surface area contributed by atoms with Crippen molar-refractivity contribution in [3.63, 3.8) is 0 Å². The van der Waals surface area contributed by atoms with E-state index in [1.807, 2.05) is 12.1 Å². The molecule has 0 spiro atoms. The van der Waals surface area contributed by atoms with E-state index in [-0.39, 0.29) is 23.3 Å². The quantitative estimate of drug-likeness (QED) is 0.860. The van der Waals surface area contributed by atoms with Crippen molar-refractivity contribution < 1.29 is 14.7 Å². The van der Waals surface area contributed by atoms with Crippen molar-refractivity contribution in [1.82, 2.24) is 19.9 Å². The van der Waals surface area contributed by atoms with Gasteiger partial charge in [-0.05, 0) is 56.6 Å². The fourth-order valence-electron chi connectivity index (χ4n) is 4.50. The SMILES string of the molecule is O=C(O)[C@H]1CCCN1C(=O)C1CCC(Cn2nnc3ccccc3c2=O)CC1. The molecule has 8 nitrogen and oxygen atoms in total. The molecule has 148 valence electrons. The summed E-state index contributed by atoms with van der Waals surface area (Å²) >= 11 is 0. The first-order chi connectivity index (χ1) is 13.5. The fraction of sp³-hybridized carbons (Fsp3) is 0.550. The Labute approximate surface area is 162 Å². The Hall–Kier alpha value is -2.77. The van der Waals surface area contributed by atoms with Crippen LogP contribution in [-0.2, 0) is 16.1 Å². The highest BCUT2D eigenvalue weighted by atomic mass is 16.4. The minimum atomic E-state index is -0.909. The second kappa shape index (κ2) is 7.69. The topological polar surface area (TPSA) is 105 Å². The predicted octanol–water partition coefficient (Wildman–Crippen LogP) is 1.67. The summed E-state index contributed by atoms with van der Waals surface area (Å²) in [6.07, 6.45) is 4.39. The molecule has 0 unspecified atom stereocenters. The first kappa shape index (κ1) is 18.6. The predicted molar refractivity (Wildman–Crippen MR) is 102 cm³/mol. The van der Waals surface area contributed by atoms with E-state index in [1.54, 1.807) is 17.0 Å². The van der Waals surface area contributed by atoms with Gasteiger partial charge < -0.3 is 10.0 Å². The highest BCUT2D eigenvalue weighted by Crippen LogP contribution is 2.32. The van der Waals surface area contributed by atoms with Crippen LogP contribution in [0, 0.1) is 11.8 Å². The molecule has 2 heterocycles. The summed E-state index contributed by atoms with van der Waals surface area (Å²) in [5, 5.41) is 18.0. The van der Waals surface area contributed by atoms with E-state index >= 15 is 0 Å². The van der Waals surface area contributed by atoms with E-state index in [4.69, 9.17) is 0 Å². The molecule has 1 aromatic heterocycles. The van der Waals surface area contributed by atoms with Crippen LogP contribution in [0.2, 0.25) is 0 Å². The molecule has 1 aromatic carbocycles. The van der Waals surface area contributed by atoms with Crippen LogP contribution in [-0.4, -0.2) is 49.5 Å². The molecule has 1 aliphatic heterocycles. The van der Waals surface area contributed by atoms with Crippen LogP contribution in [0.1, 0.15) is 38.5 Å². The molecular weight excluding hydrogens is 360 g/mol. The summed E-state index contributed by atoms with van der Waals surface area (Å²) in [6, 6.07) is 6.50. The lowest BCUT2D eigenvalue weighted by atomic mass is 9.81. The first-order valence-corrected chi connectivity index (χ1v) is 9.90. The lowest BCUT2D eigenvalue weighted by molar-refractivity contribution is -0.150. The summed E-state index contributed by atoms with van der Waals surface area (Å²) in [5.74, 6) is -0.776. The average Bonchev–Trinajstić information content (AvgIpc) is 3.21. The lowest BCUT2D eigenvalue weighted by Gasteiger charge is -2.32. The van der Waals surface area contributed by atoms with Gasteiger partial charge in [-0.15, -0.1) is 5.10 Å². The first-order valence-electron chi connectivity index (χ1n) is 9.90. The smallest absolute Gasteiger partial charge is 0.326 e. The van der Waals surface area contributed by atoms with Gasteiger partial charge in [-0.25, -0.2) is 9.48 Å². The maximum absolute atomic E-state index is 12.8. The summed E-state index contributed by atoms with van der Waals surface area (Å²) in [4.78, 5) is 38.2. The molecular formula is C20H24N4O4. The molecule has 0 radical (unpaired) electrons. The van der Waals surface area contributed by atoms with Crippen LogP contribution in [0.5, 0.6) is 0 Å². The van der Waals surface area contributed by atoms with Crippen molar-refractivity contribution in [1.29, 1.82) is 0 Å². The number of nitrogens with zero attached hydrogens (tertiary/aromatic N) is 4. The van der Waals surface area contributed by atoms with Gasteiger partial charge in [0.1, 0.15) is 11.6 Å². The van der Waals surface area contributed by atoms with Crippen LogP contribution in [0.15, 0.2) is 29.1 Å². The Kier molecular flexibility index (Phi) is 5.11. The Morgan fingerprint density at radius 3 is 2.61 bits per heavy atom. The molecule has 1 amide bonds. The number of carboxylic acid groups (broad SMARTS) is 1. The number of aliphatic carboxylic acids is 1. The van der Waals surface area contributed by atoms with Gasteiger partial charge >= 0.3 is 5.97 Å². The van der Waals surface area contributed by atoms with Gasteiger partial charge in [0.2, 0.25) is 5.91 Å². The van der Waals surface area contributed by atoms with Crippen molar-refractivity contribution >= 4 is 22.8 Å². The Morgan fingerprint density at radius 1 is 1.11 bits per heavy atom. The zero-order valence-electron chi connectivity index (χ0n) is 15.7. The average molecular weight is 384 g/mol. The zero-order chi connectivity index (χ0) is 19.7. The van der Waals surface area contributed by atoms with Gasteiger partial charge in [-0.1, -0.05) is 17.3 Å². The van der Waals surface area contributed by atoms with Gasteiger partial charge in [0.15, 0.2) is 0 Å². The monoisotopic (exact) mass is 384 g/mol. The second-order valence-corrected chi connectivity index (χ2v) is 7.84. The summed E-state index contributed by atoms with van der Waals surface area (Å²) in [7, 11) is 0. The normalized spacial score (nSPS) is 25.1. The Balaban J connectivity index is 1.38. The molecule has 2 aliphatic rings. The third kappa shape index (κ3) is 3.50. The van der Waals surface area contributed by atoms with E-state index in [2.05, 4.69) is 10.3 Å². The zero-order valence-corrected chi connectivity index (χ0v) is 15.7. The van der Waals surface area contributed by atoms with E-state index < -0.39 is 12.0 Å². The molecule has 1 aliphatic carbocycles. The van der Waals surface area contributed by atoms with Crippen molar-refractivity contribution in [2.45, 2.75) is 51.1 Å². The number of hydrogen-bond acceptors (Lipinski definition) is 5. The molecule has 1 saturated heterocycles. The van der Waals surface area contributed by atoms with Gasteiger partial charge in [-0.3, -0.25) is 9.59 Å². The molecule has 1 atom stereocenters. The minimum absolute atomic E-state index is 0.0222. The van der Waals surface area contributed by atoms with E-state index in [9.17, 15) is 19.5 Å². The number of hydrogen-bond donors (Lipinski definition) is 1. The van der Waals surface area contributed by atoms with Crippen molar-refractivity contribution in [2.75, 3.05) is 6.54 Å². The van der Waals surface area contributed by atoms with Crippen LogP contribution in [0.3, 0.4) is 0 Å². The highest BCUT2D eigenvalue weighted by Gasteiger charge is 2.38. The largest absolute Gasteiger partial charge is 0.480 e. The highest BCUT2D eigenvalue weighted by molar-refractivity contribution is 5.85. The number of carboxylic acids is 1. The second-order valence-electron chi connectivity index (χ2n) is 7.84. The molecule has 0 bridgehead atoms. The molecule has 28 heavy (non-hydrogen) atoms. The van der Waals surface area contributed by atoms with Crippen LogP contribution < -0.4 is 5.56 Å². The summed E-state index contributed by atoms with van der Waals surface area (Å²) < 4.78 is 1.43. The Morgan fingerprint density at radius 2 is 1.86 bits per heavy atom. The number of carbonyl (C=O) groups excluding carboxylic acids is 1. The molecule has 1 saturated carbocycles. The van der Waals surface area contributed by atoms with Crippen LogP contribution >= 0.6 is 0 Å². The van der Waals surface area contributed by atoms with E-state index in [0.717, 1.165) is 32.1 Å². The molecule has 1 N–H and O–H groups in total. The number of rotatable bonds is 4. The van der Waals surface area contributed by atoms with E-state index in [1.165, 1.54) is 4.68 Å². The molecule has 2 fully saturated rings. The maximum atomic E-state index is 12.8. The number of benzene rings is 1. The number of likely N-dealkylation sites (tertiary alicyclic amines) is 1. The molecule has 4 rings (SSSR count).